The van der Waals surface area contributed by atoms with Gasteiger partial charge >= 0.3 is 7.12 Å². The summed E-state index contributed by atoms with van der Waals surface area (Å²) in [5, 5.41) is 3.06. The molecule has 1 saturated heterocycles. The standard InChI is InChI=1S/C23H28BNO4/c1-22(2)23(3,4)29-24(28-22)17-10-13-20(27-15-16-8-6-5-7-9-16)19(14-17)21(26)25-18-11-12-18/h5-10,13-14,18H,11-12,15H2,1-4H3,(H,25,26). The Balaban J connectivity index is 1.59. The van der Waals surface area contributed by atoms with Gasteiger partial charge in [0.15, 0.2) is 0 Å². The normalized spacial score (nSPS) is 19.8. The number of benzene rings is 2. The zero-order valence-electron chi connectivity index (χ0n) is 17.5. The predicted molar refractivity (Wildman–Crippen MR) is 113 cm³/mol. The van der Waals surface area contributed by atoms with Crippen LogP contribution in [0, 0.1) is 0 Å². The van der Waals surface area contributed by atoms with Gasteiger partial charge in [-0.15, -0.1) is 0 Å². The number of amides is 1. The molecule has 0 bridgehead atoms. The van der Waals surface area contributed by atoms with E-state index in [0.717, 1.165) is 23.9 Å². The maximum absolute atomic E-state index is 12.9. The molecule has 0 spiro atoms. The van der Waals surface area contributed by atoms with Crippen LogP contribution in [0.3, 0.4) is 0 Å². The fourth-order valence-electron chi connectivity index (χ4n) is 3.20. The summed E-state index contributed by atoms with van der Waals surface area (Å²) in [6.45, 7) is 8.48. The Kier molecular flexibility index (Phi) is 5.17. The molecule has 0 aromatic heterocycles. The van der Waals surface area contributed by atoms with Gasteiger partial charge in [0, 0.05) is 6.04 Å². The second kappa shape index (κ2) is 7.50. The Bertz CT molecular complexity index is 877. The molecule has 5 nitrogen and oxygen atoms in total. The third-order valence-corrected chi connectivity index (χ3v) is 5.92. The lowest BCUT2D eigenvalue weighted by Crippen LogP contribution is -2.41. The first-order valence-corrected chi connectivity index (χ1v) is 10.2. The third kappa shape index (κ3) is 4.33. The van der Waals surface area contributed by atoms with E-state index >= 15 is 0 Å². The molecule has 2 aliphatic rings. The molecule has 1 N–H and O–H groups in total. The maximum atomic E-state index is 12.9. The van der Waals surface area contributed by atoms with Crippen molar-refractivity contribution in [3.63, 3.8) is 0 Å². The zero-order valence-corrected chi connectivity index (χ0v) is 17.5. The molecule has 2 aromatic rings. The van der Waals surface area contributed by atoms with Crippen molar-refractivity contribution in [2.45, 2.75) is 64.4 Å². The topological polar surface area (TPSA) is 56.8 Å². The Hall–Kier alpha value is -2.31. The zero-order chi connectivity index (χ0) is 20.6. The summed E-state index contributed by atoms with van der Waals surface area (Å²) in [5.74, 6) is 0.446. The van der Waals surface area contributed by atoms with Gasteiger partial charge in [0.2, 0.25) is 0 Å². The van der Waals surface area contributed by atoms with E-state index in [1.54, 1.807) is 0 Å². The molecule has 2 fully saturated rings. The number of ether oxygens (including phenoxy) is 1. The van der Waals surface area contributed by atoms with Crippen molar-refractivity contribution >= 4 is 18.5 Å². The fraction of sp³-hybridized carbons (Fsp3) is 0.435. The summed E-state index contributed by atoms with van der Waals surface area (Å²) in [7, 11) is -0.518. The van der Waals surface area contributed by atoms with Gasteiger partial charge in [-0.3, -0.25) is 4.79 Å². The van der Waals surface area contributed by atoms with Crippen LogP contribution in [-0.4, -0.2) is 30.3 Å². The first kappa shape index (κ1) is 20.0. The van der Waals surface area contributed by atoms with E-state index in [1.165, 1.54) is 0 Å². The van der Waals surface area contributed by atoms with Crippen molar-refractivity contribution in [2.24, 2.45) is 0 Å². The van der Waals surface area contributed by atoms with Gasteiger partial charge in [-0.2, -0.15) is 0 Å². The van der Waals surface area contributed by atoms with Crippen LogP contribution in [0.2, 0.25) is 0 Å². The minimum atomic E-state index is -0.518. The molecule has 4 rings (SSSR count). The summed E-state index contributed by atoms with van der Waals surface area (Å²) in [6.07, 6.45) is 2.06. The summed E-state index contributed by atoms with van der Waals surface area (Å²) in [4.78, 5) is 12.9. The van der Waals surface area contributed by atoms with E-state index in [1.807, 2.05) is 76.2 Å². The average Bonchev–Trinajstić information content (AvgIpc) is 3.46. The summed E-state index contributed by atoms with van der Waals surface area (Å²) in [5.41, 5.74) is 1.51. The molecule has 0 unspecified atom stereocenters. The van der Waals surface area contributed by atoms with Gasteiger partial charge in [0.25, 0.3) is 5.91 Å². The lowest BCUT2D eigenvalue weighted by Gasteiger charge is -2.32. The van der Waals surface area contributed by atoms with Gasteiger partial charge in [-0.05, 0) is 63.7 Å². The minimum absolute atomic E-state index is 0.117. The van der Waals surface area contributed by atoms with Gasteiger partial charge in [0.05, 0.1) is 16.8 Å². The highest BCUT2D eigenvalue weighted by Crippen LogP contribution is 2.36. The van der Waals surface area contributed by atoms with Crippen LogP contribution >= 0.6 is 0 Å². The Morgan fingerprint density at radius 2 is 1.72 bits per heavy atom. The predicted octanol–water partition coefficient (Wildman–Crippen LogP) is 3.46. The molecule has 152 valence electrons. The van der Waals surface area contributed by atoms with Crippen molar-refractivity contribution in [1.29, 1.82) is 0 Å². The molecule has 0 radical (unpaired) electrons. The van der Waals surface area contributed by atoms with Crippen molar-refractivity contribution in [3.05, 3.63) is 59.7 Å². The van der Waals surface area contributed by atoms with Crippen LogP contribution < -0.4 is 15.5 Å². The van der Waals surface area contributed by atoms with Crippen molar-refractivity contribution in [1.82, 2.24) is 5.32 Å². The smallest absolute Gasteiger partial charge is 0.488 e. The number of carbonyl (C=O) groups is 1. The van der Waals surface area contributed by atoms with E-state index < -0.39 is 18.3 Å². The molecule has 6 heteroatoms. The summed E-state index contributed by atoms with van der Waals surface area (Å²) in [6, 6.07) is 15.8. The van der Waals surface area contributed by atoms with E-state index in [2.05, 4.69) is 5.32 Å². The number of rotatable bonds is 6. The number of hydrogen-bond donors (Lipinski definition) is 1. The number of carbonyl (C=O) groups excluding carboxylic acids is 1. The van der Waals surface area contributed by atoms with Gasteiger partial charge in [0.1, 0.15) is 12.4 Å². The molecule has 1 amide bonds. The van der Waals surface area contributed by atoms with E-state index in [4.69, 9.17) is 14.0 Å². The van der Waals surface area contributed by atoms with Crippen molar-refractivity contribution in [2.75, 3.05) is 0 Å². The van der Waals surface area contributed by atoms with Crippen LogP contribution in [0.25, 0.3) is 0 Å². The first-order chi connectivity index (χ1) is 13.7. The highest BCUT2D eigenvalue weighted by Gasteiger charge is 2.51. The summed E-state index contributed by atoms with van der Waals surface area (Å²) < 4.78 is 18.3. The van der Waals surface area contributed by atoms with Gasteiger partial charge in [-0.1, -0.05) is 36.4 Å². The molecule has 1 heterocycles. The van der Waals surface area contributed by atoms with Crippen LogP contribution in [0.4, 0.5) is 0 Å². The van der Waals surface area contributed by atoms with Crippen molar-refractivity contribution < 1.29 is 18.8 Å². The number of hydrogen-bond acceptors (Lipinski definition) is 4. The van der Waals surface area contributed by atoms with E-state index in [-0.39, 0.29) is 11.9 Å². The van der Waals surface area contributed by atoms with Gasteiger partial charge < -0.3 is 19.4 Å². The van der Waals surface area contributed by atoms with Crippen molar-refractivity contribution in [3.8, 4) is 5.75 Å². The molecule has 1 saturated carbocycles. The number of nitrogens with one attached hydrogen (secondary N) is 1. The highest BCUT2D eigenvalue weighted by atomic mass is 16.7. The average molecular weight is 393 g/mol. The second-order valence-corrected chi connectivity index (χ2v) is 8.87. The lowest BCUT2D eigenvalue weighted by atomic mass is 9.78. The molecule has 0 atom stereocenters. The SMILES string of the molecule is CC1(C)OB(c2ccc(OCc3ccccc3)c(C(=O)NC3CC3)c2)OC1(C)C. The highest BCUT2D eigenvalue weighted by molar-refractivity contribution is 6.62. The molecular weight excluding hydrogens is 365 g/mol. The third-order valence-electron chi connectivity index (χ3n) is 5.92. The second-order valence-electron chi connectivity index (χ2n) is 8.87. The largest absolute Gasteiger partial charge is 0.494 e. The summed E-state index contributed by atoms with van der Waals surface area (Å²) >= 11 is 0. The minimum Gasteiger partial charge on any atom is -0.488 e. The molecule has 1 aliphatic carbocycles. The van der Waals surface area contributed by atoms with E-state index in [9.17, 15) is 4.79 Å². The van der Waals surface area contributed by atoms with Gasteiger partial charge in [-0.25, -0.2) is 0 Å². The molecule has 29 heavy (non-hydrogen) atoms. The first-order valence-electron chi connectivity index (χ1n) is 10.2. The molecule has 2 aromatic carbocycles. The maximum Gasteiger partial charge on any atom is 0.494 e. The Morgan fingerprint density at radius 1 is 1.07 bits per heavy atom. The lowest BCUT2D eigenvalue weighted by molar-refractivity contribution is 0.00578. The molecule has 1 aliphatic heterocycles. The van der Waals surface area contributed by atoms with Crippen LogP contribution in [-0.2, 0) is 15.9 Å². The fourth-order valence-corrected chi connectivity index (χ4v) is 3.20. The van der Waals surface area contributed by atoms with Crippen LogP contribution in [0.1, 0.15) is 56.5 Å². The monoisotopic (exact) mass is 393 g/mol. The molecular formula is C23H28BNO4. The van der Waals surface area contributed by atoms with E-state index in [0.29, 0.717) is 17.9 Å². The van der Waals surface area contributed by atoms with Crippen LogP contribution in [0.5, 0.6) is 5.75 Å². The van der Waals surface area contributed by atoms with Crippen LogP contribution in [0.15, 0.2) is 48.5 Å². The Morgan fingerprint density at radius 3 is 2.34 bits per heavy atom. The quantitative estimate of drug-likeness (QED) is 0.764. The Labute approximate surface area is 172 Å².